The van der Waals surface area contributed by atoms with E-state index in [0.717, 1.165) is 76.0 Å². The van der Waals surface area contributed by atoms with Crippen LogP contribution in [0.25, 0.3) is 10.1 Å². The molecule has 3 heterocycles. The van der Waals surface area contributed by atoms with Crippen molar-refractivity contribution in [2.45, 2.75) is 26.4 Å². The van der Waals surface area contributed by atoms with E-state index in [9.17, 15) is 4.79 Å². The second kappa shape index (κ2) is 11.2. The van der Waals surface area contributed by atoms with Crippen molar-refractivity contribution in [3.8, 4) is 6.07 Å². The third-order valence-corrected chi connectivity index (χ3v) is 8.50. The maximum absolute atomic E-state index is 13.0. The van der Waals surface area contributed by atoms with Crippen molar-refractivity contribution < 1.29 is 4.79 Å². The highest BCUT2D eigenvalue weighted by Crippen LogP contribution is 2.31. The smallest absolute Gasteiger partial charge is 0.264 e. The fourth-order valence-corrected chi connectivity index (χ4v) is 6.44. The number of carbonyl (C=O) groups is 1. The molecule has 2 aromatic carbocycles. The molecular formula is C28H29N5OS2. The van der Waals surface area contributed by atoms with Crippen LogP contribution in [0.1, 0.15) is 39.8 Å². The number of imidazole rings is 1. The summed E-state index contributed by atoms with van der Waals surface area (Å²) < 4.78 is 3.32. The van der Waals surface area contributed by atoms with Gasteiger partial charge in [-0.1, -0.05) is 19.1 Å². The second-order valence-electron chi connectivity index (χ2n) is 8.98. The molecule has 0 radical (unpaired) electrons. The van der Waals surface area contributed by atoms with E-state index in [1.54, 1.807) is 11.3 Å². The summed E-state index contributed by atoms with van der Waals surface area (Å²) in [5.41, 5.74) is 4.10. The Kier molecular flexibility index (Phi) is 7.59. The molecule has 1 aliphatic heterocycles. The molecule has 184 valence electrons. The monoisotopic (exact) mass is 515 g/mol. The number of hydrogen-bond acceptors (Lipinski definition) is 6. The summed E-state index contributed by atoms with van der Waals surface area (Å²) >= 11 is 3.51. The van der Waals surface area contributed by atoms with E-state index in [-0.39, 0.29) is 5.91 Å². The number of anilines is 1. The van der Waals surface area contributed by atoms with Gasteiger partial charge in [-0.15, -0.1) is 11.3 Å². The van der Waals surface area contributed by atoms with E-state index < -0.39 is 0 Å². The van der Waals surface area contributed by atoms with Crippen molar-refractivity contribution in [1.29, 1.82) is 5.26 Å². The largest absolute Gasteiger partial charge is 0.366 e. The molecule has 0 unspecified atom stereocenters. The topological polar surface area (TPSA) is 65.2 Å². The van der Waals surface area contributed by atoms with Gasteiger partial charge >= 0.3 is 0 Å². The number of nitrogens with zero attached hydrogens (tertiary/aromatic N) is 5. The van der Waals surface area contributed by atoms with Gasteiger partial charge in [-0.2, -0.15) is 17.0 Å². The first kappa shape index (κ1) is 24.4. The summed E-state index contributed by atoms with van der Waals surface area (Å²) in [6, 6.07) is 18.5. The van der Waals surface area contributed by atoms with E-state index >= 15 is 0 Å². The molecule has 0 spiro atoms. The van der Waals surface area contributed by atoms with Gasteiger partial charge in [0.05, 0.1) is 35.1 Å². The van der Waals surface area contributed by atoms with Crippen LogP contribution in [-0.4, -0.2) is 51.5 Å². The number of aromatic nitrogens is 2. The van der Waals surface area contributed by atoms with Gasteiger partial charge in [-0.25, -0.2) is 4.98 Å². The molecule has 0 saturated carbocycles. The minimum atomic E-state index is 0.162. The molecule has 0 bridgehead atoms. The van der Waals surface area contributed by atoms with Crippen molar-refractivity contribution >= 4 is 44.8 Å². The zero-order valence-corrected chi connectivity index (χ0v) is 22.0. The molecule has 1 amide bonds. The highest BCUT2D eigenvalue weighted by molar-refractivity contribution is 7.99. The third-order valence-electron chi connectivity index (χ3n) is 6.45. The Balaban J connectivity index is 1.35. The summed E-state index contributed by atoms with van der Waals surface area (Å²) in [6.45, 7) is 6.25. The number of thiophene rings is 1. The van der Waals surface area contributed by atoms with Crippen LogP contribution in [0.15, 0.2) is 61.1 Å². The first-order valence-electron chi connectivity index (χ1n) is 12.3. The maximum atomic E-state index is 13.0. The number of fused-ring (bicyclic) bond motifs is 1. The fourth-order valence-electron chi connectivity index (χ4n) is 4.52. The van der Waals surface area contributed by atoms with Crippen molar-refractivity contribution in [2.75, 3.05) is 36.0 Å². The molecule has 1 fully saturated rings. The van der Waals surface area contributed by atoms with E-state index in [4.69, 9.17) is 5.26 Å². The summed E-state index contributed by atoms with van der Waals surface area (Å²) in [4.78, 5) is 22.6. The lowest BCUT2D eigenvalue weighted by Gasteiger charge is -2.25. The maximum Gasteiger partial charge on any atom is 0.264 e. The Morgan fingerprint density at radius 2 is 1.94 bits per heavy atom. The number of nitriles is 1. The Labute approximate surface area is 220 Å². The van der Waals surface area contributed by atoms with Gasteiger partial charge in [-0.05, 0) is 53.8 Å². The summed E-state index contributed by atoms with van der Waals surface area (Å²) in [5.74, 6) is 2.21. The molecular weight excluding hydrogens is 486 g/mol. The van der Waals surface area contributed by atoms with Crippen molar-refractivity contribution in [3.05, 3.63) is 82.8 Å². The van der Waals surface area contributed by atoms with Gasteiger partial charge in [0.15, 0.2) is 0 Å². The first-order valence-corrected chi connectivity index (χ1v) is 14.3. The second-order valence-corrected chi connectivity index (χ2v) is 11.3. The normalized spacial score (nSPS) is 13.6. The number of thioether (sulfide) groups is 1. The lowest BCUT2D eigenvalue weighted by molar-refractivity contribution is 0.0777. The van der Waals surface area contributed by atoms with Crippen LogP contribution in [0.5, 0.6) is 0 Å². The molecule has 1 saturated heterocycles. The van der Waals surface area contributed by atoms with Crippen LogP contribution in [0, 0.1) is 11.3 Å². The van der Waals surface area contributed by atoms with Gasteiger partial charge in [0.1, 0.15) is 0 Å². The van der Waals surface area contributed by atoms with Crippen molar-refractivity contribution in [2.24, 2.45) is 0 Å². The SMILES string of the molecule is CCCN(Cc1cncn1Cc1ccc(C#N)cc1)c1ccc2sc(C(=O)N3CCSCC3)cc2c1. The van der Waals surface area contributed by atoms with Crippen LogP contribution >= 0.6 is 23.1 Å². The van der Waals surface area contributed by atoms with Gasteiger partial charge in [-0.3, -0.25) is 4.79 Å². The molecule has 0 N–H and O–H groups in total. The lowest BCUT2D eigenvalue weighted by atomic mass is 10.1. The Morgan fingerprint density at radius 1 is 1.14 bits per heavy atom. The van der Waals surface area contributed by atoms with E-state index in [0.29, 0.717) is 12.1 Å². The van der Waals surface area contributed by atoms with E-state index in [1.807, 2.05) is 53.5 Å². The molecule has 5 rings (SSSR count). The minimum Gasteiger partial charge on any atom is -0.366 e. The Hall–Kier alpha value is -3.28. The third kappa shape index (κ3) is 5.43. The number of carbonyl (C=O) groups excluding carboxylic acids is 1. The van der Waals surface area contributed by atoms with Gasteiger partial charge in [0, 0.05) is 54.3 Å². The predicted octanol–water partition coefficient (Wildman–Crippen LogP) is 5.62. The number of hydrogen-bond donors (Lipinski definition) is 0. The number of rotatable bonds is 8. The van der Waals surface area contributed by atoms with Gasteiger partial charge in [0.25, 0.3) is 5.91 Å². The quantitative estimate of drug-likeness (QED) is 0.305. The molecule has 1 aliphatic rings. The first-order chi connectivity index (χ1) is 17.6. The molecule has 8 heteroatoms. The van der Waals surface area contributed by atoms with Gasteiger partial charge < -0.3 is 14.4 Å². The average molecular weight is 516 g/mol. The Morgan fingerprint density at radius 3 is 2.69 bits per heavy atom. The van der Waals surface area contributed by atoms with Crippen LogP contribution in [0.2, 0.25) is 0 Å². The summed E-state index contributed by atoms with van der Waals surface area (Å²) in [6.07, 6.45) is 4.84. The van der Waals surface area contributed by atoms with Crippen molar-refractivity contribution in [1.82, 2.24) is 14.5 Å². The summed E-state index contributed by atoms with van der Waals surface area (Å²) in [7, 11) is 0. The number of benzene rings is 2. The van der Waals surface area contributed by atoms with Crippen LogP contribution < -0.4 is 4.90 Å². The van der Waals surface area contributed by atoms with Crippen LogP contribution in [-0.2, 0) is 13.1 Å². The molecule has 4 aromatic rings. The predicted molar refractivity (Wildman–Crippen MR) is 149 cm³/mol. The fraction of sp³-hybridized carbons (Fsp3) is 0.321. The zero-order chi connectivity index (χ0) is 24.9. The van der Waals surface area contributed by atoms with E-state index in [2.05, 4.69) is 51.7 Å². The Bertz CT molecular complexity index is 1380. The minimum absolute atomic E-state index is 0.162. The summed E-state index contributed by atoms with van der Waals surface area (Å²) in [5, 5.41) is 10.2. The number of amides is 1. The van der Waals surface area contributed by atoms with Gasteiger partial charge in [0.2, 0.25) is 0 Å². The average Bonchev–Trinajstić information content (AvgIpc) is 3.55. The van der Waals surface area contributed by atoms with E-state index in [1.165, 1.54) is 0 Å². The molecule has 36 heavy (non-hydrogen) atoms. The molecule has 0 aliphatic carbocycles. The molecule has 6 nitrogen and oxygen atoms in total. The van der Waals surface area contributed by atoms with Crippen LogP contribution in [0.4, 0.5) is 5.69 Å². The zero-order valence-electron chi connectivity index (χ0n) is 20.4. The lowest BCUT2D eigenvalue weighted by Crippen LogP contribution is -2.37. The van der Waals surface area contributed by atoms with Crippen LogP contribution in [0.3, 0.4) is 0 Å². The highest BCUT2D eigenvalue weighted by Gasteiger charge is 2.21. The molecule has 2 aromatic heterocycles. The van der Waals surface area contributed by atoms with Crippen molar-refractivity contribution in [3.63, 3.8) is 0 Å². The molecule has 0 atom stereocenters. The highest BCUT2D eigenvalue weighted by atomic mass is 32.2. The standard InChI is InChI=1S/C28H29N5OS2/c1-2-9-32(19-25-17-30-20-33(25)18-22-5-3-21(16-29)4-6-22)24-7-8-26-23(14-24)15-27(36-26)28(34)31-10-12-35-13-11-31/h3-8,14-15,17,20H,2,9-13,18-19H2,1H3.